The third-order valence-electron chi connectivity index (χ3n) is 2.52. The molecule has 0 spiro atoms. The summed E-state index contributed by atoms with van der Waals surface area (Å²) in [5.74, 6) is -0.652. The molecule has 4 heteroatoms. The maximum Gasteiger partial charge on any atom is 0.127 e. The van der Waals surface area contributed by atoms with E-state index >= 15 is 0 Å². The van der Waals surface area contributed by atoms with Crippen molar-refractivity contribution in [2.24, 2.45) is 0 Å². The van der Waals surface area contributed by atoms with Crippen molar-refractivity contribution >= 4 is 0 Å². The van der Waals surface area contributed by atoms with Crippen molar-refractivity contribution in [3.63, 3.8) is 0 Å². The number of benzene rings is 1. The van der Waals surface area contributed by atoms with Gasteiger partial charge in [-0.05, 0) is 12.8 Å². The number of phenolic OH excluding ortho intramolecular Hbond substituents is 3. The van der Waals surface area contributed by atoms with Gasteiger partial charge >= 0.3 is 0 Å². The number of aromatic hydroxyl groups is 3. The van der Waals surface area contributed by atoms with Crippen molar-refractivity contribution in [1.29, 1.82) is 5.26 Å². The Hall–Kier alpha value is -1.89. The van der Waals surface area contributed by atoms with E-state index in [4.69, 9.17) is 10.4 Å². The molecule has 1 aromatic rings. The zero-order valence-electron chi connectivity index (χ0n) is 7.36. The zero-order chi connectivity index (χ0) is 10.3. The van der Waals surface area contributed by atoms with Crippen molar-refractivity contribution in [3.8, 4) is 23.3 Å². The number of nitrogens with zero attached hydrogens (tertiary/aromatic N) is 1. The normalized spacial score (nSPS) is 17.4. The average molecular weight is 191 g/mol. The van der Waals surface area contributed by atoms with Gasteiger partial charge in [0, 0.05) is 12.1 Å². The van der Waals surface area contributed by atoms with Crippen molar-refractivity contribution in [1.82, 2.24) is 0 Å². The molecule has 0 heterocycles. The molecule has 1 saturated carbocycles. The number of nitriles is 1. The van der Waals surface area contributed by atoms with Crippen LogP contribution in [0.25, 0.3) is 0 Å². The van der Waals surface area contributed by atoms with Crippen molar-refractivity contribution in [2.75, 3.05) is 0 Å². The molecule has 4 nitrogen and oxygen atoms in total. The van der Waals surface area contributed by atoms with Crippen LogP contribution in [0.3, 0.4) is 0 Å². The highest BCUT2D eigenvalue weighted by atomic mass is 16.3. The lowest BCUT2D eigenvalue weighted by Gasteiger charge is -2.11. The van der Waals surface area contributed by atoms with Crippen molar-refractivity contribution < 1.29 is 15.3 Å². The Morgan fingerprint density at radius 1 is 1.14 bits per heavy atom. The molecular formula is C10H9NO3. The van der Waals surface area contributed by atoms with Gasteiger partial charge in [-0.2, -0.15) is 5.26 Å². The summed E-state index contributed by atoms with van der Waals surface area (Å²) in [6, 6.07) is 4.33. The minimum atomic E-state index is -0.748. The van der Waals surface area contributed by atoms with Crippen LogP contribution in [-0.4, -0.2) is 15.3 Å². The summed E-state index contributed by atoms with van der Waals surface area (Å²) in [4.78, 5) is 0. The Bertz CT molecular complexity index is 406. The Kier molecular flexibility index (Phi) is 1.58. The highest BCUT2D eigenvalue weighted by Gasteiger charge is 2.48. The molecule has 0 saturated heterocycles. The van der Waals surface area contributed by atoms with Gasteiger partial charge in [-0.15, -0.1) is 0 Å². The molecule has 72 valence electrons. The minimum Gasteiger partial charge on any atom is -0.508 e. The van der Waals surface area contributed by atoms with E-state index in [0.29, 0.717) is 12.8 Å². The highest BCUT2D eigenvalue weighted by molar-refractivity contribution is 5.57. The molecule has 1 aromatic carbocycles. The lowest BCUT2D eigenvalue weighted by molar-refractivity contribution is 0.415. The molecule has 14 heavy (non-hydrogen) atoms. The van der Waals surface area contributed by atoms with Crippen LogP contribution in [0, 0.1) is 11.3 Å². The van der Waals surface area contributed by atoms with Crippen LogP contribution in [0.1, 0.15) is 18.4 Å². The Labute approximate surface area is 80.7 Å². The van der Waals surface area contributed by atoms with Crippen LogP contribution in [0.5, 0.6) is 17.2 Å². The summed E-state index contributed by atoms with van der Waals surface area (Å²) >= 11 is 0. The fourth-order valence-electron chi connectivity index (χ4n) is 1.63. The first kappa shape index (κ1) is 8.70. The first-order chi connectivity index (χ1) is 6.59. The zero-order valence-corrected chi connectivity index (χ0v) is 7.36. The Balaban J connectivity index is 2.60. The summed E-state index contributed by atoms with van der Waals surface area (Å²) in [7, 11) is 0. The summed E-state index contributed by atoms with van der Waals surface area (Å²) in [6.45, 7) is 0. The van der Waals surface area contributed by atoms with E-state index in [0.717, 1.165) is 12.1 Å². The molecular weight excluding hydrogens is 182 g/mol. The Morgan fingerprint density at radius 3 is 2.00 bits per heavy atom. The van der Waals surface area contributed by atoms with Gasteiger partial charge in [-0.3, -0.25) is 0 Å². The summed E-state index contributed by atoms with van der Waals surface area (Å²) in [5, 5.41) is 37.0. The minimum absolute atomic E-state index is 0.211. The summed E-state index contributed by atoms with van der Waals surface area (Å²) < 4.78 is 0. The molecule has 2 rings (SSSR count). The second-order valence-electron chi connectivity index (χ2n) is 3.55. The maximum absolute atomic E-state index is 9.51. The van der Waals surface area contributed by atoms with Crippen LogP contribution >= 0.6 is 0 Å². The van der Waals surface area contributed by atoms with Gasteiger partial charge in [-0.25, -0.2) is 0 Å². The van der Waals surface area contributed by atoms with Crippen LogP contribution < -0.4 is 0 Å². The fourth-order valence-corrected chi connectivity index (χ4v) is 1.63. The van der Waals surface area contributed by atoms with Gasteiger partial charge in [0.25, 0.3) is 0 Å². The number of hydrogen-bond acceptors (Lipinski definition) is 4. The first-order valence-electron chi connectivity index (χ1n) is 4.26. The predicted octanol–water partition coefficient (Wildman–Crippen LogP) is 1.36. The first-order valence-corrected chi connectivity index (χ1v) is 4.26. The standard InChI is InChI=1S/C10H9NO3/c11-5-10(1-2-10)9-7(13)3-6(12)4-8(9)14/h3-4,12-14H,1-2H2. The second kappa shape index (κ2) is 2.55. The third kappa shape index (κ3) is 1.06. The third-order valence-corrected chi connectivity index (χ3v) is 2.52. The van der Waals surface area contributed by atoms with Gasteiger partial charge in [0.1, 0.15) is 17.2 Å². The van der Waals surface area contributed by atoms with E-state index in [2.05, 4.69) is 6.07 Å². The molecule has 1 fully saturated rings. The van der Waals surface area contributed by atoms with E-state index in [1.165, 1.54) is 0 Å². The van der Waals surface area contributed by atoms with E-state index < -0.39 is 5.41 Å². The smallest absolute Gasteiger partial charge is 0.127 e. The summed E-state index contributed by atoms with van der Waals surface area (Å²) in [6.07, 6.45) is 1.27. The highest BCUT2D eigenvalue weighted by Crippen LogP contribution is 2.54. The molecule has 0 aromatic heterocycles. The molecule has 3 N–H and O–H groups in total. The lowest BCUT2D eigenvalue weighted by Crippen LogP contribution is -2.03. The largest absolute Gasteiger partial charge is 0.508 e. The number of phenols is 3. The molecule has 0 aliphatic heterocycles. The Morgan fingerprint density at radius 2 is 1.64 bits per heavy atom. The predicted molar refractivity (Wildman–Crippen MR) is 48.0 cm³/mol. The second-order valence-corrected chi connectivity index (χ2v) is 3.55. The van der Waals surface area contributed by atoms with E-state index in [9.17, 15) is 10.2 Å². The number of hydrogen-bond donors (Lipinski definition) is 3. The van der Waals surface area contributed by atoms with Crippen molar-refractivity contribution in [2.45, 2.75) is 18.3 Å². The summed E-state index contributed by atoms with van der Waals surface area (Å²) in [5.41, 5.74) is -0.514. The molecule has 1 aliphatic rings. The number of rotatable bonds is 1. The quantitative estimate of drug-likeness (QED) is 0.625. The van der Waals surface area contributed by atoms with Gasteiger partial charge in [0.05, 0.1) is 17.0 Å². The van der Waals surface area contributed by atoms with Gasteiger partial charge in [-0.1, -0.05) is 0 Å². The van der Waals surface area contributed by atoms with Crippen LogP contribution in [0.2, 0.25) is 0 Å². The molecule has 0 bridgehead atoms. The molecule has 1 aliphatic carbocycles. The fraction of sp³-hybridized carbons (Fsp3) is 0.300. The van der Waals surface area contributed by atoms with E-state index in [1.54, 1.807) is 0 Å². The maximum atomic E-state index is 9.51. The van der Waals surface area contributed by atoms with Gasteiger partial charge in [0.2, 0.25) is 0 Å². The molecule has 0 unspecified atom stereocenters. The van der Waals surface area contributed by atoms with Gasteiger partial charge in [0.15, 0.2) is 0 Å². The van der Waals surface area contributed by atoms with Crippen LogP contribution in [0.15, 0.2) is 12.1 Å². The monoisotopic (exact) mass is 191 g/mol. The van der Waals surface area contributed by atoms with E-state index in [1.807, 2.05) is 0 Å². The van der Waals surface area contributed by atoms with Crippen molar-refractivity contribution in [3.05, 3.63) is 17.7 Å². The lowest BCUT2D eigenvalue weighted by atomic mass is 9.95. The molecule has 0 atom stereocenters. The van der Waals surface area contributed by atoms with Crippen LogP contribution in [0.4, 0.5) is 0 Å². The average Bonchev–Trinajstić information content (AvgIpc) is 2.83. The molecule has 0 amide bonds. The topological polar surface area (TPSA) is 84.5 Å². The SMILES string of the molecule is N#CC1(c2c(O)cc(O)cc2O)CC1. The van der Waals surface area contributed by atoms with E-state index in [-0.39, 0.29) is 22.8 Å². The van der Waals surface area contributed by atoms with Gasteiger partial charge < -0.3 is 15.3 Å². The molecule has 0 radical (unpaired) electrons. The van der Waals surface area contributed by atoms with Crippen LogP contribution in [-0.2, 0) is 5.41 Å².